The molecule has 0 radical (unpaired) electrons. The second-order valence-corrected chi connectivity index (χ2v) is 7.38. The Morgan fingerprint density at radius 1 is 1.41 bits per heavy atom. The van der Waals surface area contributed by atoms with E-state index in [4.69, 9.17) is 5.73 Å². The Labute approximate surface area is 103 Å². The summed E-state index contributed by atoms with van der Waals surface area (Å²) in [7, 11) is -2.98. The van der Waals surface area contributed by atoms with Crippen LogP contribution >= 0.6 is 0 Å². The third kappa shape index (κ3) is 4.47. The molecule has 0 bridgehead atoms. The summed E-state index contributed by atoms with van der Waals surface area (Å²) in [5.41, 5.74) is 6.58. The van der Waals surface area contributed by atoms with Crippen molar-refractivity contribution in [2.45, 2.75) is 45.0 Å². The first-order valence-corrected chi connectivity index (χ1v) is 7.50. The molecule has 1 aromatic rings. The van der Waals surface area contributed by atoms with Gasteiger partial charge < -0.3 is 10.3 Å². The van der Waals surface area contributed by atoms with E-state index in [1.54, 1.807) is 24.7 Å². The molecular weight excluding hydrogens is 238 g/mol. The molecule has 0 aliphatic carbocycles. The van der Waals surface area contributed by atoms with Crippen molar-refractivity contribution in [3.8, 4) is 0 Å². The topological polar surface area (TPSA) is 78.0 Å². The van der Waals surface area contributed by atoms with Gasteiger partial charge in [-0.05, 0) is 20.8 Å². The van der Waals surface area contributed by atoms with Gasteiger partial charge >= 0.3 is 0 Å². The number of hydrogen-bond acceptors (Lipinski definition) is 4. The summed E-state index contributed by atoms with van der Waals surface area (Å²) in [6.07, 6.45) is 4.23. The lowest BCUT2D eigenvalue weighted by atomic mass is 10.2. The average molecular weight is 259 g/mol. The van der Waals surface area contributed by atoms with Crippen LogP contribution in [0, 0.1) is 0 Å². The highest BCUT2D eigenvalue weighted by atomic mass is 32.2. The fourth-order valence-electron chi connectivity index (χ4n) is 1.43. The number of aryl methyl sites for hydroxylation is 1. The van der Waals surface area contributed by atoms with Gasteiger partial charge in [-0.1, -0.05) is 0 Å². The van der Waals surface area contributed by atoms with Crippen molar-refractivity contribution in [2.75, 3.05) is 5.75 Å². The van der Waals surface area contributed by atoms with Crippen LogP contribution in [0.4, 0.5) is 0 Å². The molecule has 0 fully saturated rings. The zero-order valence-corrected chi connectivity index (χ0v) is 11.4. The number of nitrogens with zero attached hydrogens (tertiary/aromatic N) is 2. The van der Waals surface area contributed by atoms with Gasteiger partial charge in [-0.25, -0.2) is 13.4 Å². The van der Waals surface area contributed by atoms with Crippen molar-refractivity contribution < 1.29 is 8.42 Å². The smallest absolute Gasteiger partial charge is 0.154 e. The van der Waals surface area contributed by atoms with Gasteiger partial charge in [0.05, 0.1) is 23.0 Å². The Hall–Kier alpha value is -0.880. The van der Waals surface area contributed by atoms with Gasteiger partial charge in [0.2, 0.25) is 0 Å². The second kappa shape index (κ2) is 5.64. The van der Waals surface area contributed by atoms with Crippen LogP contribution in [0.5, 0.6) is 0 Å². The quantitative estimate of drug-likeness (QED) is 0.811. The first kappa shape index (κ1) is 14.2. The normalized spacial score (nSPS) is 14.2. The zero-order valence-electron chi connectivity index (χ0n) is 10.6. The van der Waals surface area contributed by atoms with Crippen molar-refractivity contribution in [1.82, 2.24) is 9.55 Å². The molecule has 0 aliphatic heterocycles. The molecule has 2 N–H and O–H groups in total. The lowest BCUT2D eigenvalue weighted by Gasteiger charge is -2.07. The van der Waals surface area contributed by atoms with E-state index in [0.29, 0.717) is 13.0 Å². The van der Waals surface area contributed by atoms with Gasteiger partial charge in [0.25, 0.3) is 0 Å². The van der Waals surface area contributed by atoms with Crippen molar-refractivity contribution in [3.05, 3.63) is 18.2 Å². The Bertz CT molecular complexity index is 449. The van der Waals surface area contributed by atoms with Gasteiger partial charge in [0.15, 0.2) is 9.84 Å². The van der Waals surface area contributed by atoms with Crippen LogP contribution < -0.4 is 5.73 Å². The minimum absolute atomic E-state index is 0.0674. The van der Waals surface area contributed by atoms with Crippen LogP contribution in [0.25, 0.3) is 0 Å². The number of hydrogen-bond donors (Lipinski definition) is 1. The first-order valence-electron chi connectivity index (χ1n) is 5.79. The molecule has 1 heterocycles. The molecular formula is C11H21N3O2S. The molecule has 0 amide bonds. The highest BCUT2D eigenvalue weighted by molar-refractivity contribution is 7.91. The molecule has 0 spiro atoms. The maximum absolute atomic E-state index is 11.6. The highest BCUT2D eigenvalue weighted by Gasteiger charge is 2.15. The molecule has 1 unspecified atom stereocenters. The van der Waals surface area contributed by atoms with Crippen molar-refractivity contribution in [2.24, 2.45) is 5.73 Å². The third-order valence-electron chi connectivity index (χ3n) is 2.57. The molecule has 0 aromatic carbocycles. The lowest BCUT2D eigenvalue weighted by molar-refractivity contribution is 0.580. The summed E-state index contributed by atoms with van der Waals surface area (Å²) in [5, 5.41) is -0.324. The Morgan fingerprint density at radius 3 is 2.59 bits per heavy atom. The summed E-state index contributed by atoms with van der Waals surface area (Å²) in [6.45, 7) is 5.77. The van der Waals surface area contributed by atoms with Gasteiger partial charge in [0.1, 0.15) is 0 Å². The predicted octanol–water partition coefficient (Wildman–Crippen LogP) is 0.596. The number of rotatable bonds is 6. The largest absolute Gasteiger partial charge is 0.336 e. The third-order valence-corrected chi connectivity index (χ3v) is 4.76. The maximum Gasteiger partial charge on any atom is 0.154 e. The van der Waals surface area contributed by atoms with Crippen LogP contribution in [-0.2, 0) is 22.8 Å². The van der Waals surface area contributed by atoms with E-state index in [2.05, 4.69) is 4.98 Å². The number of aromatic nitrogens is 2. The summed E-state index contributed by atoms with van der Waals surface area (Å²) >= 11 is 0. The zero-order chi connectivity index (χ0) is 13.1. The highest BCUT2D eigenvalue weighted by Crippen LogP contribution is 2.04. The van der Waals surface area contributed by atoms with E-state index in [9.17, 15) is 8.42 Å². The average Bonchev–Trinajstić information content (AvgIpc) is 2.61. The van der Waals surface area contributed by atoms with Gasteiger partial charge in [-0.3, -0.25) is 0 Å². The van der Waals surface area contributed by atoms with E-state index in [0.717, 1.165) is 5.69 Å². The van der Waals surface area contributed by atoms with Gasteiger partial charge in [-0.15, -0.1) is 0 Å². The minimum atomic E-state index is -2.98. The van der Waals surface area contributed by atoms with Crippen molar-refractivity contribution in [1.29, 1.82) is 0 Å². The Balaban J connectivity index is 2.56. The standard InChI is InChI=1S/C11H21N3O2S/c1-9(2)17(15,16)5-4-14-7-11(13-8-14)6-10(3)12/h7-10H,4-6,12H2,1-3H3. The van der Waals surface area contributed by atoms with Gasteiger partial charge in [-0.2, -0.15) is 0 Å². The van der Waals surface area contributed by atoms with Gasteiger partial charge in [0, 0.05) is 25.2 Å². The van der Waals surface area contributed by atoms with Crippen LogP contribution in [0.3, 0.4) is 0 Å². The monoisotopic (exact) mass is 259 g/mol. The lowest BCUT2D eigenvalue weighted by Crippen LogP contribution is -2.20. The molecule has 5 nitrogen and oxygen atoms in total. The fourth-order valence-corrected chi connectivity index (χ4v) is 2.37. The van der Waals surface area contributed by atoms with Crippen LogP contribution in [0.1, 0.15) is 26.5 Å². The van der Waals surface area contributed by atoms with Crippen molar-refractivity contribution in [3.63, 3.8) is 0 Å². The molecule has 1 rings (SSSR count). The van der Waals surface area contributed by atoms with Crippen LogP contribution in [0.2, 0.25) is 0 Å². The van der Waals surface area contributed by atoms with E-state index in [1.807, 2.05) is 13.1 Å². The minimum Gasteiger partial charge on any atom is -0.336 e. The van der Waals surface area contributed by atoms with E-state index < -0.39 is 9.84 Å². The van der Waals surface area contributed by atoms with Crippen molar-refractivity contribution >= 4 is 9.84 Å². The van der Waals surface area contributed by atoms with E-state index in [1.165, 1.54) is 0 Å². The Morgan fingerprint density at radius 2 is 2.06 bits per heavy atom. The van der Waals surface area contributed by atoms with Crippen LogP contribution in [-0.4, -0.2) is 35.0 Å². The molecule has 6 heteroatoms. The summed E-state index contributed by atoms with van der Waals surface area (Å²) < 4.78 is 25.1. The number of nitrogens with two attached hydrogens (primary N) is 1. The van der Waals surface area contributed by atoms with Crippen LogP contribution in [0.15, 0.2) is 12.5 Å². The Kier molecular flexibility index (Phi) is 4.70. The summed E-state index contributed by atoms with van der Waals surface area (Å²) in [5.74, 6) is 0.151. The molecule has 0 saturated carbocycles. The fraction of sp³-hybridized carbons (Fsp3) is 0.727. The summed E-state index contributed by atoms with van der Waals surface area (Å²) in [4.78, 5) is 4.19. The van der Waals surface area contributed by atoms with E-state index in [-0.39, 0.29) is 17.0 Å². The molecule has 17 heavy (non-hydrogen) atoms. The SMILES string of the molecule is CC(N)Cc1cn(CCS(=O)(=O)C(C)C)cn1. The number of imidazole rings is 1. The summed E-state index contributed by atoms with van der Waals surface area (Å²) in [6, 6.07) is 0.0674. The number of sulfone groups is 1. The predicted molar refractivity (Wildman–Crippen MR) is 68.5 cm³/mol. The molecule has 0 saturated heterocycles. The second-order valence-electron chi connectivity index (χ2n) is 4.70. The molecule has 1 aromatic heterocycles. The molecule has 1 atom stereocenters. The van der Waals surface area contributed by atoms with E-state index >= 15 is 0 Å². The molecule has 0 aliphatic rings. The first-order chi connectivity index (χ1) is 7.81. The maximum atomic E-state index is 11.6. The molecule has 98 valence electrons.